The molecule has 5 nitrogen and oxygen atoms in total. The predicted molar refractivity (Wildman–Crippen MR) is 82.3 cm³/mol. The fourth-order valence-corrected chi connectivity index (χ4v) is 3.43. The molecule has 2 atom stereocenters. The van der Waals surface area contributed by atoms with Crippen LogP contribution >= 0.6 is 0 Å². The van der Waals surface area contributed by atoms with E-state index in [4.69, 9.17) is 9.47 Å². The highest BCUT2D eigenvalue weighted by Gasteiger charge is 2.33. The van der Waals surface area contributed by atoms with Gasteiger partial charge in [0.2, 0.25) is 5.91 Å². The summed E-state index contributed by atoms with van der Waals surface area (Å²) in [6.45, 7) is -0.0543. The van der Waals surface area contributed by atoms with Crippen LogP contribution in [0.3, 0.4) is 0 Å². The summed E-state index contributed by atoms with van der Waals surface area (Å²) >= 11 is 0. The Morgan fingerprint density at radius 1 is 1.27 bits per heavy atom. The van der Waals surface area contributed by atoms with Crippen LogP contribution in [0, 0.1) is 0 Å². The van der Waals surface area contributed by atoms with Gasteiger partial charge in [0.05, 0.1) is 25.9 Å². The van der Waals surface area contributed by atoms with Gasteiger partial charge < -0.3 is 19.9 Å². The summed E-state index contributed by atoms with van der Waals surface area (Å²) in [5.74, 6) is 1.42. The SMILES string of the molecule is COc1ccc([C@@H]2CC(=O)N[C@H]2CO)cc1OC1CCCC1. The number of amides is 1. The first kappa shape index (κ1) is 15.2. The van der Waals surface area contributed by atoms with Crippen LogP contribution in [0.2, 0.25) is 0 Å². The minimum Gasteiger partial charge on any atom is -0.493 e. The number of aliphatic hydroxyl groups excluding tert-OH is 1. The minimum absolute atomic E-state index is 0.0156. The molecule has 0 spiro atoms. The van der Waals surface area contributed by atoms with Crippen molar-refractivity contribution in [2.24, 2.45) is 0 Å². The van der Waals surface area contributed by atoms with Gasteiger partial charge in [0.15, 0.2) is 11.5 Å². The van der Waals surface area contributed by atoms with Crippen LogP contribution in [-0.2, 0) is 4.79 Å². The minimum atomic E-state index is -0.222. The second kappa shape index (κ2) is 6.57. The smallest absolute Gasteiger partial charge is 0.221 e. The third-order valence-electron chi connectivity index (χ3n) is 4.65. The number of carbonyl (C=O) groups is 1. The number of rotatable bonds is 5. The van der Waals surface area contributed by atoms with Crippen molar-refractivity contribution in [1.82, 2.24) is 5.32 Å². The van der Waals surface area contributed by atoms with Crippen molar-refractivity contribution in [3.05, 3.63) is 23.8 Å². The lowest BCUT2D eigenvalue weighted by molar-refractivity contribution is -0.119. The summed E-state index contributed by atoms with van der Waals surface area (Å²) in [5, 5.41) is 12.3. The van der Waals surface area contributed by atoms with Gasteiger partial charge in [0.1, 0.15) is 0 Å². The van der Waals surface area contributed by atoms with Crippen LogP contribution in [0.1, 0.15) is 43.6 Å². The summed E-state index contributed by atoms with van der Waals surface area (Å²) in [7, 11) is 1.63. The molecule has 22 heavy (non-hydrogen) atoms. The van der Waals surface area contributed by atoms with Gasteiger partial charge in [-0.1, -0.05) is 6.07 Å². The van der Waals surface area contributed by atoms with Gasteiger partial charge in [-0.3, -0.25) is 4.79 Å². The molecule has 0 aromatic heterocycles. The lowest BCUT2D eigenvalue weighted by Gasteiger charge is -2.20. The maximum absolute atomic E-state index is 11.6. The second-order valence-electron chi connectivity index (χ2n) is 6.10. The number of nitrogens with one attached hydrogen (secondary N) is 1. The Morgan fingerprint density at radius 3 is 2.73 bits per heavy atom. The van der Waals surface area contributed by atoms with Crippen molar-refractivity contribution in [1.29, 1.82) is 0 Å². The van der Waals surface area contributed by atoms with Crippen molar-refractivity contribution in [2.45, 2.75) is 50.2 Å². The molecule has 1 saturated carbocycles. The third kappa shape index (κ3) is 3.04. The van der Waals surface area contributed by atoms with E-state index in [0.29, 0.717) is 12.2 Å². The second-order valence-corrected chi connectivity index (χ2v) is 6.10. The molecule has 2 fully saturated rings. The number of ether oxygens (including phenoxy) is 2. The molecule has 1 heterocycles. The quantitative estimate of drug-likeness (QED) is 0.873. The molecule has 1 aliphatic carbocycles. The average molecular weight is 305 g/mol. The molecule has 2 N–H and O–H groups in total. The molecule has 1 saturated heterocycles. The van der Waals surface area contributed by atoms with Crippen molar-refractivity contribution < 1.29 is 19.4 Å². The van der Waals surface area contributed by atoms with E-state index in [1.165, 1.54) is 12.8 Å². The molecule has 0 unspecified atom stereocenters. The highest BCUT2D eigenvalue weighted by Crippen LogP contribution is 2.37. The standard InChI is InChI=1S/C17H23NO4/c1-21-15-7-6-11(13-9-17(20)18-14(13)10-19)8-16(15)22-12-4-2-3-5-12/h6-8,12-14,19H,2-5,9-10H2,1H3,(H,18,20)/t13-,14-/m0/s1. The molecule has 120 valence electrons. The highest BCUT2D eigenvalue weighted by atomic mass is 16.5. The Labute approximate surface area is 130 Å². The number of carbonyl (C=O) groups excluding carboxylic acids is 1. The molecule has 1 aromatic carbocycles. The summed E-state index contributed by atoms with van der Waals surface area (Å²) in [6.07, 6.45) is 5.23. The van der Waals surface area contributed by atoms with E-state index in [1.54, 1.807) is 7.11 Å². The van der Waals surface area contributed by atoms with E-state index in [9.17, 15) is 9.90 Å². The van der Waals surface area contributed by atoms with Crippen molar-refractivity contribution >= 4 is 5.91 Å². The van der Waals surface area contributed by atoms with E-state index in [1.807, 2.05) is 18.2 Å². The Kier molecular flexibility index (Phi) is 4.52. The Hall–Kier alpha value is -1.75. The maximum atomic E-state index is 11.6. The van der Waals surface area contributed by atoms with Crippen LogP contribution < -0.4 is 14.8 Å². The fourth-order valence-electron chi connectivity index (χ4n) is 3.43. The van der Waals surface area contributed by atoms with Gasteiger partial charge in [-0.05, 0) is 43.4 Å². The van der Waals surface area contributed by atoms with Crippen LogP contribution in [0.4, 0.5) is 0 Å². The Bertz CT molecular complexity index is 539. The van der Waals surface area contributed by atoms with Crippen LogP contribution in [0.25, 0.3) is 0 Å². The lowest BCUT2D eigenvalue weighted by Crippen LogP contribution is -2.31. The number of benzene rings is 1. The largest absolute Gasteiger partial charge is 0.493 e. The molecule has 5 heteroatoms. The van der Waals surface area contributed by atoms with Gasteiger partial charge in [-0.2, -0.15) is 0 Å². The van der Waals surface area contributed by atoms with Crippen LogP contribution in [-0.4, -0.2) is 36.9 Å². The lowest BCUT2D eigenvalue weighted by atomic mass is 9.92. The van der Waals surface area contributed by atoms with Gasteiger partial charge in [-0.25, -0.2) is 0 Å². The number of hydrogen-bond acceptors (Lipinski definition) is 4. The molecule has 1 aromatic rings. The van der Waals surface area contributed by atoms with Crippen molar-refractivity contribution in [3.63, 3.8) is 0 Å². The van der Waals surface area contributed by atoms with Crippen molar-refractivity contribution in [2.75, 3.05) is 13.7 Å². The topological polar surface area (TPSA) is 67.8 Å². The van der Waals surface area contributed by atoms with Gasteiger partial charge >= 0.3 is 0 Å². The fraction of sp³-hybridized carbons (Fsp3) is 0.588. The monoisotopic (exact) mass is 305 g/mol. The van der Waals surface area contributed by atoms with E-state index >= 15 is 0 Å². The van der Waals surface area contributed by atoms with E-state index in [0.717, 1.165) is 24.2 Å². The molecule has 3 rings (SSSR count). The van der Waals surface area contributed by atoms with Crippen molar-refractivity contribution in [3.8, 4) is 11.5 Å². The molecule has 0 radical (unpaired) electrons. The number of aliphatic hydroxyl groups is 1. The maximum Gasteiger partial charge on any atom is 0.221 e. The molecule has 1 aliphatic heterocycles. The molecule has 2 aliphatic rings. The summed E-state index contributed by atoms with van der Waals surface area (Å²) < 4.78 is 11.5. The van der Waals surface area contributed by atoms with E-state index in [-0.39, 0.29) is 30.6 Å². The van der Waals surface area contributed by atoms with Crippen LogP contribution in [0.5, 0.6) is 11.5 Å². The van der Waals surface area contributed by atoms with Gasteiger partial charge in [0, 0.05) is 12.3 Å². The van der Waals surface area contributed by atoms with Gasteiger partial charge in [-0.15, -0.1) is 0 Å². The summed E-state index contributed by atoms with van der Waals surface area (Å²) in [5.41, 5.74) is 1.01. The van der Waals surface area contributed by atoms with E-state index in [2.05, 4.69) is 5.32 Å². The first-order valence-corrected chi connectivity index (χ1v) is 7.96. The molecule has 0 bridgehead atoms. The zero-order valence-corrected chi connectivity index (χ0v) is 12.9. The molecular formula is C17H23NO4. The average Bonchev–Trinajstić information content (AvgIpc) is 3.16. The Balaban J connectivity index is 1.84. The number of hydrogen-bond donors (Lipinski definition) is 2. The number of methoxy groups -OCH3 is 1. The molecular weight excluding hydrogens is 282 g/mol. The third-order valence-corrected chi connectivity index (χ3v) is 4.65. The predicted octanol–water partition coefficient (Wildman–Crippen LogP) is 1.98. The first-order valence-electron chi connectivity index (χ1n) is 7.96. The summed E-state index contributed by atoms with van der Waals surface area (Å²) in [4.78, 5) is 11.6. The normalized spacial score (nSPS) is 25.3. The molecule has 1 amide bonds. The summed E-state index contributed by atoms with van der Waals surface area (Å²) in [6, 6.07) is 5.58. The zero-order valence-electron chi connectivity index (χ0n) is 12.9. The van der Waals surface area contributed by atoms with Crippen LogP contribution in [0.15, 0.2) is 18.2 Å². The van der Waals surface area contributed by atoms with E-state index < -0.39 is 0 Å². The first-order chi connectivity index (χ1) is 10.7. The zero-order chi connectivity index (χ0) is 15.5. The highest BCUT2D eigenvalue weighted by molar-refractivity contribution is 5.80. The van der Waals surface area contributed by atoms with Gasteiger partial charge in [0.25, 0.3) is 0 Å². The Morgan fingerprint density at radius 2 is 2.05 bits per heavy atom.